The lowest BCUT2D eigenvalue weighted by molar-refractivity contribution is 0.0601. The lowest BCUT2D eigenvalue weighted by Crippen LogP contribution is -2.36. The maximum Gasteiger partial charge on any atom is 0.361 e. The molecule has 0 radical (unpaired) electrons. The van der Waals surface area contributed by atoms with Crippen molar-refractivity contribution >= 4 is 17.6 Å². The molecule has 1 N–H and O–H groups in total. The van der Waals surface area contributed by atoms with E-state index < -0.39 is 28.9 Å². The Balaban J connectivity index is 2.70. The summed E-state index contributed by atoms with van der Waals surface area (Å²) in [4.78, 5) is 41.2. The molecule has 1 aromatic carbocycles. The normalized spacial score (nSPS) is 10.4. The molecule has 122 valence electrons. The van der Waals surface area contributed by atoms with Crippen molar-refractivity contribution in [1.82, 2.24) is 14.5 Å². The molecule has 2 rings (SSSR count). The molecule has 0 aliphatic rings. The number of ether oxygens (including phenoxy) is 2. The molecule has 0 bridgehead atoms. The van der Waals surface area contributed by atoms with E-state index in [-0.39, 0.29) is 23.2 Å². The Morgan fingerprint density at radius 1 is 1.43 bits per heavy atom. The van der Waals surface area contributed by atoms with E-state index in [9.17, 15) is 18.8 Å². The van der Waals surface area contributed by atoms with Gasteiger partial charge in [-0.1, -0.05) is 11.6 Å². The zero-order chi connectivity index (χ0) is 17.1. The van der Waals surface area contributed by atoms with Crippen LogP contribution in [0.4, 0.5) is 4.39 Å². The molecule has 0 unspecified atom stereocenters. The summed E-state index contributed by atoms with van der Waals surface area (Å²) in [5.74, 6) is -1.83. The molecule has 0 aliphatic carbocycles. The Kier molecular flexibility index (Phi) is 4.80. The van der Waals surface area contributed by atoms with Crippen LogP contribution < -0.4 is 16.1 Å². The molecule has 0 saturated carbocycles. The minimum atomic E-state index is -1.07. The average Bonchev–Trinajstić information content (AvgIpc) is 2.48. The third-order valence-electron chi connectivity index (χ3n) is 2.77. The molecule has 0 fully saturated rings. The van der Waals surface area contributed by atoms with E-state index in [1.807, 2.05) is 0 Å². The first kappa shape index (κ1) is 16.7. The first-order chi connectivity index (χ1) is 10.9. The highest BCUT2D eigenvalue weighted by molar-refractivity contribution is 6.33. The van der Waals surface area contributed by atoms with Crippen LogP contribution in [-0.4, -0.2) is 34.2 Å². The van der Waals surface area contributed by atoms with Crippen LogP contribution in [0.3, 0.4) is 0 Å². The summed E-state index contributed by atoms with van der Waals surface area (Å²) < 4.78 is 23.9. The first-order valence-electron chi connectivity index (χ1n) is 6.33. The van der Waals surface area contributed by atoms with Crippen molar-refractivity contribution in [3.05, 3.63) is 49.5 Å². The maximum atomic E-state index is 14.1. The van der Waals surface area contributed by atoms with Gasteiger partial charge in [-0.05, 0) is 19.1 Å². The van der Waals surface area contributed by atoms with Crippen molar-refractivity contribution < 1.29 is 18.7 Å². The highest BCUT2D eigenvalue weighted by Crippen LogP contribution is 2.22. The van der Waals surface area contributed by atoms with E-state index in [0.29, 0.717) is 4.57 Å². The molecule has 0 atom stereocenters. The van der Waals surface area contributed by atoms with Crippen LogP contribution in [0.25, 0.3) is 5.69 Å². The Hall–Kier alpha value is -2.68. The second-order valence-electron chi connectivity index (χ2n) is 4.17. The van der Waals surface area contributed by atoms with Crippen molar-refractivity contribution in [2.75, 3.05) is 13.7 Å². The number of hydrogen-bond acceptors (Lipinski definition) is 6. The third-order valence-corrected chi connectivity index (χ3v) is 3.08. The molecule has 0 saturated heterocycles. The number of nitrogens with one attached hydrogen (secondary N) is 1. The number of carbonyl (C=O) groups is 1. The van der Waals surface area contributed by atoms with Crippen LogP contribution in [-0.2, 0) is 4.74 Å². The first-order valence-corrected chi connectivity index (χ1v) is 6.70. The summed E-state index contributed by atoms with van der Waals surface area (Å²) >= 11 is 5.76. The summed E-state index contributed by atoms with van der Waals surface area (Å²) in [7, 11) is 1.11. The number of aromatic amines is 1. The number of H-pyrrole nitrogens is 1. The highest BCUT2D eigenvalue weighted by Gasteiger charge is 2.19. The lowest BCUT2D eigenvalue weighted by atomic mass is 10.2. The van der Waals surface area contributed by atoms with Crippen molar-refractivity contribution in [2.45, 2.75) is 6.92 Å². The zero-order valence-corrected chi connectivity index (χ0v) is 12.8. The van der Waals surface area contributed by atoms with Gasteiger partial charge in [0.1, 0.15) is 5.82 Å². The van der Waals surface area contributed by atoms with E-state index in [4.69, 9.17) is 16.3 Å². The quantitative estimate of drug-likeness (QED) is 0.827. The van der Waals surface area contributed by atoms with E-state index in [0.717, 1.165) is 19.2 Å². The van der Waals surface area contributed by atoms with Crippen LogP contribution in [0, 0.1) is 5.82 Å². The Bertz CT molecular complexity index is 846. The van der Waals surface area contributed by atoms with E-state index >= 15 is 0 Å². The minimum Gasteiger partial charge on any atom is -0.465 e. The molecule has 1 aromatic heterocycles. The summed E-state index contributed by atoms with van der Waals surface area (Å²) in [6.07, 6.45) is 0. The summed E-state index contributed by atoms with van der Waals surface area (Å²) in [6.45, 7) is 1.81. The fourth-order valence-corrected chi connectivity index (χ4v) is 2.02. The van der Waals surface area contributed by atoms with Crippen molar-refractivity contribution in [3.63, 3.8) is 0 Å². The highest BCUT2D eigenvalue weighted by atomic mass is 35.5. The second kappa shape index (κ2) is 6.61. The smallest absolute Gasteiger partial charge is 0.361 e. The number of hydrogen-bond donors (Lipinski definition) is 1. The monoisotopic (exact) mass is 343 g/mol. The molecule has 0 spiro atoms. The molecule has 1 heterocycles. The van der Waals surface area contributed by atoms with Gasteiger partial charge in [0, 0.05) is 0 Å². The SMILES string of the molecule is CCOc1nc(=O)n(-c2cc(C(=O)OC)c(Cl)cc2F)c(=O)[nH]1. The fraction of sp³-hybridized carbons (Fsp3) is 0.231. The largest absolute Gasteiger partial charge is 0.465 e. The van der Waals surface area contributed by atoms with Gasteiger partial charge in [0.2, 0.25) is 0 Å². The van der Waals surface area contributed by atoms with Crippen LogP contribution >= 0.6 is 11.6 Å². The number of nitrogens with zero attached hydrogens (tertiary/aromatic N) is 2. The molecular weight excluding hydrogens is 333 g/mol. The summed E-state index contributed by atoms with van der Waals surface area (Å²) in [6, 6.07) is 1.44. The lowest BCUT2D eigenvalue weighted by Gasteiger charge is -2.09. The number of esters is 1. The zero-order valence-electron chi connectivity index (χ0n) is 12.1. The van der Waals surface area contributed by atoms with Gasteiger partial charge in [0.05, 0.1) is 30.0 Å². The number of carbonyl (C=O) groups excluding carboxylic acids is 1. The standard InChI is InChI=1S/C13H11ClFN3O5/c1-3-23-11-16-12(20)18(13(21)17-11)9-4-6(10(19)22-2)7(14)5-8(9)15/h4-5H,3H2,1-2H3,(H,16,17,20,21). The van der Waals surface area contributed by atoms with Gasteiger partial charge in [-0.2, -0.15) is 0 Å². The van der Waals surface area contributed by atoms with Gasteiger partial charge in [0.25, 0.3) is 0 Å². The van der Waals surface area contributed by atoms with E-state index in [1.165, 1.54) is 0 Å². The Morgan fingerprint density at radius 3 is 2.70 bits per heavy atom. The number of aromatic nitrogens is 3. The van der Waals surface area contributed by atoms with Crippen LogP contribution in [0.1, 0.15) is 17.3 Å². The van der Waals surface area contributed by atoms with Crippen LogP contribution in [0.15, 0.2) is 21.7 Å². The van der Waals surface area contributed by atoms with Gasteiger partial charge in [-0.25, -0.2) is 23.3 Å². The van der Waals surface area contributed by atoms with E-state index in [1.54, 1.807) is 6.92 Å². The molecule has 10 heteroatoms. The predicted octanol–water partition coefficient (Wildman–Crippen LogP) is 0.899. The van der Waals surface area contributed by atoms with Crippen molar-refractivity contribution in [1.29, 1.82) is 0 Å². The van der Waals surface area contributed by atoms with Gasteiger partial charge >= 0.3 is 23.4 Å². The molecule has 0 amide bonds. The van der Waals surface area contributed by atoms with Gasteiger partial charge < -0.3 is 9.47 Å². The minimum absolute atomic E-state index is 0.175. The maximum absolute atomic E-state index is 14.1. The average molecular weight is 344 g/mol. The Morgan fingerprint density at radius 2 is 2.13 bits per heavy atom. The van der Waals surface area contributed by atoms with Gasteiger partial charge in [0.15, 0.2) is 0 Å². The third kappa shape index (κ3) is 3.24. The predicted molar refractivity (Wildman–Crippen MR) is 77.9 cm³/mol. The van der Waals surface area contributed by atoms with Crippen molar-refractivity contribution in [2.24, 2.45) is 0 Å². The molecule has 8 nitrogen and oxygen atoms in total. The number of halogens is 2. The van der Waals surface area contributed by atoms with E-state index in [2.05, 4.69) is 14.7 Å². The number of rotatable bonds is 4. The summed E-state index contributed by atoms with van der Waals surface area (Å²) in [5.41, 5.74) is -2.75. The number of benzene rings is 1. The van der Waals surface area contributed by atoms with Crippen molar-refractivity contribution in [3.8, 4) is 11.7 Å². The number of methoxy groups -OCH3 is 1. The van der Waals surface area contributed by atoms with Gasteiger partial charge in [-0.15, -0.1) is 4.98 Å². The second-order valence-corrected chi connectivity index (χ2v) is 4.58. The summed E-state index contributed by atoms with van der Waals surface area (Å²) in [5, 5.41) is -0.221. The van der Waals surface area contributed by atoms with Crippen LogP contribution in [0.5, 0.6) is 6.01 Å². The van der Waals surface area contributed by atoms with Crippen LogP contribution in [0.2, 0.25) is 5.02 Å². The topological polar surface area (TPSA) is 103 Å². The fourth-order valence-electron chi connectivity index (χ4n) is 1.79. The molecule has 23 heavy (non-hydrogen) atoms. The molecule has 0 aliphatic heterocycles. The van der Waals surface area contributed by atoms with Gasteiger partial charge in [-0.3, -0.25) is 4.98 Å². The molecular formula is C13H11ClFN3O5. The Labute approximate surface area is 133 Å². The molecule has 2 aromatic rings.